The lowest BCUT2D eigenvalue weighted by molar-refractivity contribution is -0.136. The summed E-state index contributed by atoms with van der Waals surface area (Å²) >= 11 is 3.45. The Morgan fingerprint density at radius 2 is 2.32 bits per heavy atom. The standard InChI is InChI=1S/C12H12BrN3O3/c1-19-10-2-3-11(13)8(4-10)6-16-7-9(14-15-16)5-12(17)18/h2-4,7H,5-6H2,1H3,(H,17,18). The second-order valence-electron chi connectivity index (χ2n) is 3.94. The minimum Gasteiger partial charge on any atom is -0.497 e. The predicted octanol–water partition coefficient (Wildman–Crippen LogP) is 1.72. The number of ether oxygens (including phenoxy) is 1. The lowest BCUT2D eigenvalue weighted by Gasteiger charge is -2.06. The molecule has 0 saturated carbocycles. The van der Waals surface area contributed by atoms with E-state index in [0.29, 0.717) is 12.2 Å². The first-order chi connectivity index (χ1) is 9.08. The van der Waals surface area contributed by atoms with Gasteiger partial charge in [-0.25, -0.2) is 4.68 Å². The van der Waals surface area contributed by atoms with E-state index in [-0.39, 0.29) is 6.42 Å². The molecule has 0 aliphatic rings. The zero-order chi connectivity index (χ0) is 13.8. The summed E-state index contributed by atoms with van der Waals surface area (Å²) in [4.78, 5) is 10.6. The molecule has 1 N–H and O–H groups in total. The summed E-state index contributed by atoms with van der Waals surface area (Å²) in [6.45, 7) is 0.490. The van der Waals surface area contributed by atoms with Gasteiger partial charge in [0.15, 0.2) is 0 Å². The molecule has 0 aliphatic carbocycles. The van der Waals surface area contributed by atoms with Crippen LogP contribution in [0.15, 0.2) is 28.9 Å². The molecule has 2 rings (SSSR count). The summed E-state index contributed by atoms with van der Waals surface area (Å²) < 4.78 is 7.69. The fraction of sp³-hybridized carbons (Fsp3) is 0.250. The molecule has 0 spiro atoms. The van der Waals surface area contributed by atoms with Crippen LogP contribution in [-0.4, -0.2) is 33.2 Å². The van der Waals surface area contributed by atoms with Gasteiger partial charge >= 0.3 is 5.97 Å². The molecule has 0 saturated heterocycles. The summed E-state index contributed by atoms with van der Waals surface area (Å²) in [5.41, 5.74) is 1.41. The highest BCUT2D eigenvalue weighted by atomic mass is 79.9. The summed E-state index contributed by atoms with van der Waals surface area (Å²) in [6.07, 6.45) is 1.50. The first kappa shape index (κ1) is 13.5. The average Bonchev–Trinajstić information content (AvgIpc) is 2.78. The normalized spacial score (nSPS) is 10.4. The molecule has 0 atom stereocenters. The smallest absolute Gasteiger partial charge is 0.309 e. The number of carboxylic acids is 1. The van der Waals surface area contributed by atoms with E-state index < -0.39 is 5.97 Å². The van der Waals surface area contributed by atoms with E-state index in [1.165, 1.54) is 0 Å². The Morgan fingerprint density at radius 3 is 3.00 bits per heavy atom. The second-order valence-corrected chi connectivity index (χ2v) is 4.79. The summed E-state index contributed by atoms with van der Waals surface area (Å²) in [5.74, 6) is -0.168. The molecule has 0 unspecified atom stereocenters. The van der Waals surface area contributed by atoms with Gasteiger partial charge in [-0.1, -0.05) is 21.1 Å². The Hall–Kier alpha value is -1.89. The minimum absolute atomic E-state index is 0.126. The van der Waals surface area contributed by atoms with Gasteiger partial charge in [-0.15, -0.1) is 5.10 Å². The van der Waals surface area contributed by atoms with Crippen molar-refractivity contribution in [3.05, 3.63) is 40.1 Å². The Morgan fingerprint density at radius 1 is 1.53 bits per heavy atom. The number of benzene rings is 1. The molecule has 6 nitrogen and oxygen atoms in total. The van der Waals surface area contributed by atoms with E-state index in [2.05, 4.69) is 26.2 Å². The van der Waals surface area contributed by atoms with E-state index in [1.807, 2.05) is 18.2 Å². The van der Waals surface area contributed by atoms with Crippen molar-refractivity contribution in [2.75, 3.05) is 7.11 Å². The van der Waals surface area contributed by atoms with Crippen molar-refractivity contribution in [1.82, 2.24) is 15.0 Å². The highest BCUT2D eigenvalue weighted by Crippen LogP contribution is 2.23. The topological polar surface area (TPSA) is 77.2 Å². The summed E-state index contributed by atoms with van der Waals surface area (Å²) in [6, 6.07) is 5.64. The van der Waals surface area contributed by atoms with Crippen molar-refractivity contribution in [3.8, 4) is 5.75 Å². The van der Waals surface area contributed by atoms with Crippen LogP contribution in [0.4, 0.5) is 0 Å². The monoisotopic (exact) mass is 325 g/mol. The molecule has 1 aromatic heterocycles. The maximum Gasteiger partial charge on any atom is 0.309 e. The molecule has 2 aromatic rings. The molecule has 0 amide bonds. The average molecular weight is 326 g/mol. The van der Waals surface area contributed by atoms with Crippen molar-refractivity contribution in [1.29, 1.82) is 0 Å². The third-order valence-electron chi connectivity index (χ3n) is 2.50. The molecule has 0 aliphatic heterocycles. The number of carboxylic acid groups (broad SMARTS) is 1. The first-order valence-electron chi connectivity index (χ1n) is 5.51. The van der Waals surface area contributed by atoms with Crippen LogP contribution < -0.4 is 4.74 Å². The lowest BCUT2D eigenvalue weighted by Crippen LogP contribution is -2.02. The van der Waals surface area contributed by atoms with Gasteiger partial charge in [0.2, 0.25) is 0 Å². The Kier molecular flexibility index (Phi) is 4.16. The molecule has 7 heteroatoms. The van der Waals surface area contributed by atoms with Gasteiger partial charge in [0, 0.05) is 10.7 Å². The van der Waals surface area contributed by atoms with Gasteiger partial charge < -0.3 is 9.84 Å². The van der Waals surface area contributed by atoms with E-state index in [4.69, 9.17) is 9.84 Å². The van der Waals surface area contributed by atoms with Crippen LogP contribution >= 0.6 is 15.9 Å². The molecule has 0 radical (unpaired) electrons. The number of nitrogens with zero attached hydrogens (tertiary/aromatic N) is 3. The third kappa shape index (κ3) is 3.54. The van der Waals surface area contributed by atoms with Crippen molar-refractivity contribution in [3.63, 3.8) is 0 Å². The van der Waals surface area contributed by atoms with E-state index >= 15 is 0 Å². The van der Waals surface area contributed by atoms with Crippen LogP contribution in [-0.2, 0) is 17.8 Å². The zero-order valence-corrected chi connectivity index (χ0v) is 11.8. The molecule has 19 heavy (non-hydrogen) atoms. The molecular formula is C12H12BrN3O3. The van der Waals surface area contributed by atoms with Crippen LogP contribution in [0, 0.1) is 0 Å². The Balaban J connectivity index is 2.16. The fourth-order valence-electron chi connectivity index (χ4n) is 1.63. The zero-order valence-electron chi connectivity index (χ0n) is 10.2. The van der Waals surface area contributed by atoms with Crippen LogP contribution in [0.2, 0.25) is 0 Å². The number of aromatic nitrogens is 3. The number of hydrogen-bond donors (Lipinski definition) is 1. The molecular weight excluding hydrogens is 314 g/mol. The van der Waals surface area contributed by atoms with Crippen LogP contribution in [0.3, 0.4) is 0 Å². The second kappa shape index (κ2) is 5.83. The number of carbonyl (C=O) groups is 1. The minimum atomic E-state index is -0.922. The van der Waals surface area contributed by atoms with Gasteiger partial charge in [0.05, 0.1) is 25.8 Å². The summed E-state index contributed by atoms with van der Waals surface area (Å²) in [7, 11) is 1.60. The van der Waals surface area contributed by atoms with Gasteiger partial charge in [0.1, 0.15) is 5.75 Å². The van der Waals surface area contributed by atoms with Gasteiger partial charge in [-0.3, -0.25) is 4.79 Å². The maximum atomic E-state index is 10.6. The summed E-state index contributed by atoms with van der Waals surface area (Å²) in [5, 5.41) is 16.4. The van der Waals surface area contributed by atoms with E-state index in [9.17, 15) is 4.79 Å². The van der Waals surface area contributed by atoms with Gasteiger partial charge in [-0.2, -0.15) is 0 Å². The van der Waals surface area contributed by atoms with Crippen molar-refractivity contribution < 1.29 is 14.6 Å². The van der Waals surface area contributed by atoms with Crippen LogP contribution in [0.1, 0.15) is 11.3 Å². The maximum absolute atomic E-state index is 10.6. The molecule has 0 bridgehead atoms. The highest BCUT2D eigenvalue weighted by Gasteiger charge is 2.08. The number of rotatable bonds is 5. The van der Waals surface area contributed by atoms with Crippen molar-refractivity contribution >= 4 is 21.9 Å². The van der Waals surface area contributed by atoms with Gasteiger partial charge in [0.25, 0.3) is 0 Å². The van der Waals surface area contributed by atoms with Crippen LogP contribution in [0.25, 0.3) is 0 Å². The SMILES string of the molecule is COc1ccc(Br)c(Cn2cc(CC(=O)O)nn2)c1. The third-order valence-corrected chi connectivity index (χ3v) is 3.28. The van der Waals surface area contributed by atoms with Crippen molar-refractivity contribution in [2.45, 2.75) is 13.0 Å². The quantitative estimate of drug-likeness (QED) is 0.905. The van der Waals surface area contributed by atoms with Gasteiger partial charge in [-0.05, 0) is 23.8 Å². The molecule has 100 valence electrons. The Bertz CT molecular complexity index is 598. The molecule has 1 heterocycles. The van der Waals surface area contributed by atoms with Crippen molar-refractivity contribution in [2.24, 2.45) is 0 Å². The highest BCUT2D eigenvalue weighted by molar-refractivity contribution is 9.10. The fourth-order valence-corrected chi connectivity index (χ4v) is 2.00. The molecule has 0 fully saturated rings. The Labute approximate surface area is 118 Å². The first-order valence-corrected chi connectivity index (χ1v) is 6.31. The predicted molar refractivity (Wildman–Crippen MR) is 71.2 cm³/mol. The lowest BCUT2D eigenvalue weighted by atomic mass is 10.2. The number of methoxy groups -OCH3 is 1. The largest absolute Gasteiger partial charge is 0.497 e. The van der Waals surface area contributed by atoms with E-state index in [1.54, 1.807) is 18.0 Å². The molecule has 1 aromatic carbocycles. The van der Waals surface area contributed by atoms with Crippen LogP contribution in [0.5, 0.6) is 5.75 Å². The number of halogens is 1. The number of aliphatic carboxylic acids is 1. The van der Waals surface area contributed by atoms with E-state index in [0.717, 1.165) is 15.8 Å². The number of hydrogen-bond acceptors (Lipinski definition) is 4.